The van der Waals surface area contributed by atoms with Gasteiger partial charge in [0.15, 0.2) is 0 Å². The molecule has 0 unspecified atom stereocenters. The van der Waals surface area contributed by atoms with Gasteiger partial charge >= 0.3 is 5.63 Å². The molecule has 1 aliphatic heterocycles. The number of nitrogens with zero attached hydrogens (tertiary/aromatic N) is 2. The van der Waals surface area contributed by atoms with Gasteiger partial charge in [0, 0.05) is 55.8 Å². The molecule has 1 fully saturated rings. The molecule has 0 atom stereocenters. The molecule has 1 saturated heterocycles. The number of ether oxygens (including phenoxy) is 1. The topological polar surface area (TPSA) is 63.0 Å². The van der Waals surface area contributed by atoms with Crippen molar-refractivity contribution in [1.82, 2.24) is 4.90 Å². The molecule has 2 aromatic carbocycles. The van der Waals surface area contributed by atoms with Crippen molar-refractivity contribution in [3.05, 3.63) is 70.1 Å². The van der Waals surface area contributed by atoms with Crippen LogP contribution in [0.1, 0.15) is 17.5 Å². The van der Waals surface area contributed by atoms with E-state index in [1.807, 2.05) is 36.1 Å². The zero-order chi connectivity index (χ0) is 21.1. The number of carbonyl (C=O) groups excluding carboxylic acids is 1. The minimum atomic E-state index is -0.375. The van der Waals surface area contributed by atoms with Crippen LogP contribution in [-0.4, -0.2) is 44.1 Å². The number of amides is 1. The van der Waals surface area contributed by atoms with Gasteiger partial charge in [-0.1, -0.05) is 18.2 Å². The second-order valence-electron chi connectivity index (χ2n) is 7.61. The lowest BCUT2D eigenvalue weighted by molar-refractivity contribution is -0.131. The first-order valence-corrected chi connectivity index (χ1v) is 10.2. The Morgan fingerprint density at radius 3 is 2.50 bits per heavy atom. The fraction of sp³-hybridized carbons (Fsp3) is 0.333. The third-order valence-corrected chi connectivity index (χ3v) is 5.71. The van der Waals surface area contributed by atoms with Crippen molar-refractivity contribution in [3.8, 4) is 5.75 Å². The third-order valence-electron chi connectivity index (χ3n) is 5.71. The summed E-state index contributed by atoms with van der Waals surface area (Å²) in [5.41, 5.74) is 3.13. The predicted octanol–water partition coefficient (Wildman–Crippen LogP) is 3.39. The van der Waals surface area contributed by atoms with Crippen LogP contribution in [0.5, 0.6) is 5.75 Å². The molecule has 1 aromatic heterocycles. The van der Waals surface area contributed by atoms with Crippen molar-refractivity contribution < 1.29 is 13.9 Å². The lowest BCUT2D eigenvalue weighted by atomic mass is 10.0. The summed E-state index contributed by atoms with van der Waals surface area (Å²) >= 11 is 0. The molecule has 1 amide bonds. The number of hydrogen-bond acceptors (Lipinski definition) is 5. The highest BCUT2D eigenvalue weighted by molar-refractivity contribution is 5.83. The Hall–Kier alpha value is -3.28. The minimum Gasteiger partial charge on any atom is -0.496 e. The monoisotopic (exact) mass is 406 g/mol. The van der Waals surface area contributed by atoms with Gasteiger partial charge in [-0.2, -0.15) is 0 Å². The number of para-hydroxylation sites is 1. The zero-order valence-corrected chi connectivity index (χ0v) is 17.4. The summed E-state index contributed by atoms with van der Waals surface area (Å²) in [5, 5.41) is 0.870. The van der Waals surface area contributed by atoms with E-state index in [9.17, 15) is 9.59 Å². The van der Waals surface area contributed by atoms with Crippen molar-refractivity contribution in [1.29, 1.82) is 0 Å². The van der Waals surface area contributed by atoms with Crippen molar-refractivity contribution >= 4 is 22.6 Å². The Kier molecular flexibility index (Phi) is 5.74. The van der Waals surface area contributed by atoms with E-state index in [0.717, 1.165) is 42.7 Å². The number of fused-ring (bicyclic) bond motifs is 1. The molecule has 6 nitrogen and oxygen atoms in total. The SMILES string of the molecule is COc1cc2oc(=O)cc(C)c2cc1CCC(=O)N1CCN(c2ccccc2)CC1. The molecule has 0 saturated carbocycles. The lowest BCUT2D eigenvalue weighted by Crippen LogP contribution is -2.48. The van der Waals surface area contributed by atoms with Crippen LogP contribution in [0.25, 0.3) is 11.0 Å². The van der Waals surface area contributed by atoms with Crippen LogP contribution in [0.4, 0.5) is 5.69 Å². The quantitative estimate of drug-likeness (QED) is 0.608. The summed E-state index contributed by atoms with van der Waals surface area (Å²) in [6.45, 7) is 5.02. The summed E-state index contributed by atoms with van der Waals surface area (Å²) in [7, 11) is 1.59. The average Bonchev–Trinajstić information content (AvgIpc) is 2.77. The van der Waals surface area contributed by atoms with E-state index < -0.39 is 0 Å². The van der Waals surface area contributed by atoms with E-state index in [1.165, 1.54) is 11.8 Å². The molecule has 0 spiro atoms. The Morgan fingerprint density at radius 2 is 1.80 bits per heavy atom. The van der Waals surface area contributed by atoms with E-state index in [1.54, 1.807) is 13.2 Å². The number of carbonyl (C=O) groups is 1. The Labute approximate surface area is 175 Å². The summed E-state index contributed by atoms with van der Waals surface area (Å²) in [4.78, 5) is 28.7. The highest BCUT2D eigenvalue weighted by Gasteiger charge is 2.21. The molecule has 0 radical (unpaired) electrons. The number of anilines is 1. The molecular weight excluding hydrogens is 380 g/mol. The van der Waals surface area contributed by atoms with E-state index >= 15 is 0 Å². The third kappa shape index (κ3) is 4.17. The van der Waals surface area contributed by atoms with Crippen LogP contribution in [0.2, 0.25) is 0 Å². The second-order valence-corrected chi connectivity index (χ2v) is 7.61. The van der Waals surface area contributed by atoms with Crippen LogP contribution in [0.15, 0.2) is 57.7 Å². The van der Waals surface area contributed by atoms with Gasteiger partial charge in [-0.3, -0.25) is 4.79 Å². The number of piperazine rings is 1. The predicted molar refractivity (Wildman–Crippen MR) is 117 cm³/mol. The number of benzene rings is 2. The highest BCUT2D eigenvalue weighted by Crippen LogP contribution is 2.28. The standard InChI is InChI=1S/C24H26N2O4/c1-17-14-24(28)30-22-16-21(29-2)18(15-20(17)22)8-9-23(27)26-12-10-25(11-13-26)19-6-4-3-5-7-19/h3-7,14-16H,8-13H2,1-2H3. The zero-order valence-electron chi connectivity index (χ0n) is 17.4. The van der Waals surface area contributed by atoms with Crippen LogP contribution in [0, 0.1) is 6.92 Å². The highest BCUT2D eigenvalue weighted by atomic mass is 16.5. The molecule has 0 aliphatic carbocycles. The number of methoxy groups -OCH3 is 1. The van der Waals surface area contributed by atoms with Crippen LogP contribution in [-0.2, 0) is 11.2 Å². The van der Waals surface area contributed by atoms with Gasteiger partial charge in [0.05, 0.1) is 7.11 Å². The minimum absolute atomic E-state index is 0.154. The maximum absolute atomic E-state index is 12.8. The smallest absolute Gasteiger partial charge is 0.336 e. The Bertz CT molecular complexity index is 1100. The van der Waals surface area contributed by atoms with Crippen LogP contribution < -0.4 is 15.3 Å². The molecular formula is C24H26N2O4. The average molecular weight is 406 g/mol. The van der Waals surface area contributed by atoms with E-state index in [4.69, 9.17) is 9.15 Å². The van der Waals surface area contributed by atoms with E-state index in [-0.39, 0.29) is 11.5 Å². The van der Waals surface area contributed by atoms with Gasteiger partial charge in [-0.15, -0.1) is 0 Å². The summed E-state index contributed by atoms with van der Waals surface area (Å²) in [6.07, 6.45) is 0.998. The van der Waals surface area contributed by atoms with Gasteiger partial charge < -0.3 is 19.0 Å². The second kappa shape index (κ2) is 8.61. The van der Waals surface area contributed by atoms with Gasteiger partial charge in [-0.25, -0.2) is 4.79 Å². The van der Waals surface area contributed by atoms with Gasteiger partial charge in [0.1, 0.15) is 11.3 Å². The summed E-state index contributed by atoms with van der Waals surface area (Å²) in [5.74, 6) is 0.791. The number of rotatable bonds is 5. The van der Waals surface area contributed by atoms with E-state index in [2.05, 4.69) is 17.0 Å². The summed E-state index contributed by atoms with van der Waals surface area (Å²) in [6, 6.07) is 15.5. The van der Waals surface area contributed by atoms with Crippen LogP contribution in [0.3, 0.4) is 0 Å². The normalized spacial score (nSPS) is 14.2. The van der Waals surface area contributed by atoms with Crippen LogP contribution >= 0.6 is 0 Å². The van der Waals surface area contributed by atoms with Gasteiger partial charge in [0.2, 0.25) is 5.91 Å². The lowest BCUT2D eigenvalue weighted by Gasteiger charge is -2.36. The molecule has 0 bridgehead atoms. The van der Waals surface area contributed by atoms with Crippen molar-refractivity contribution in [3.63, 3.8) is 0 Å². The maximum atomic E-state index is 12.8. The molecule has 156 valence electrons. The molecule has 3 aromatic rings. The first-order chi connectivity index (χ1) is 14.5. The van der Waals surface area contributed by atoms with Crippen molar-refractivity contribution in [2.24, 2.45) is 0 Å². The Morgan fingerprint density at radius 1 is 1.07 bits per heavy atom. The first kappa shape index (κ1) is 20.0. The fourth-order valence-electron chi connectivity index (χ4n) is 4.03. The fourth-order valence-corrected chi connectivity index (χ4v) is 4.03. The molecule has 0 N–H and O–H groups in total. The van der Waals surface area contributed by atoms with Gasteiger partial charge in [0.25, 0.3) is 0 Å². The van der Waals surface area contributed by atoms with Crippen molar-refractivity contribution in [2.75, 3.05) is 38.2 Å². The molecule has 1 aliphatic rings. The molecule has 4 rings (SSSR count). The Balaban J connectivity index is 1.41. The summed E-state index contributed by atoms with van der Waals surface area (Å²) < 4.78 is 10.8. The van der Waals surface area contributed by atoms with Crippen molar-refractivity contribution in [2.45, 2.75) is 19.8 Å². The maximum Gasteiger partial charge on any atom is 0.336 e. The molecule has 30 heavy (non-hydrogen) atoms. The van der Waals surface area contributed by atoms with E-state index in [0.29, 0.717) is 24.2 Å². The largest absolute Gasteiger partial charge is 0.496 e. The molecule has 2 heterocycles. The number of aryl methyl sites for hydroxylation is 2. The number of hydrogen-bond donors (Lipinski definition) is 0. The molecule has 6 heteroatoms. The first-order valence-electron chi connectivity index (χ1n) is 10.2. The van der Waals surface area contributed by atoms with Gasteiger partial charge in [-0.05, 0) is 42.7 Å².